The number of esters is 4. The Morgan fingerprint density at radius 3 is 1.43 bits per heavy atom. The number of methoxy groups -OCH3 is 4. The van der Waals surface area contributed by atoms with Gasteiger partial charge >= 0.3 is 23.9 Å². The number of ether oxygens (including phenoxy) is 5. The Hall–Kier alpha value is -3.64. The fraction of sp³-hybridized carbons (Fsp3) is 0.771. The monoisotopic (exact) mass is 881 g/mol. The molecule has 1 fully saturated rings. The van der Waals surface area contributed by atoms with Crippen LogP contribution >= 0.6 is 12.4 Å². The molecule has 0 bridgehead atoms. The van der Waals surface area contributed by atoms with Crippen molar-refractivity contribution in [1.29, 1.82) is 0 Å². The predicted molar refractivity (Wildman–Crippen MR) is 210 cm³/mol. The van der Waals surface area contributed by atoms with Crippen molar-refractivity contribution < 1.29 is 86.1 Å². The normalized spacial score (nSPS) is 23.0. The first-order chi connectivity index (χ1) is 26.3. The molecule has 1 heterocycles. The summed E-state index contributed by atoms with van der Waals surface area (Å²) in [7, 11) is 3.71. The molecule has 1 aliphatic heterocycles. The van der Waals surface area contributed by atoms with Crippen LogP contribution in [0.25, 0.3) is 0 Å². The third-order valence-corrected chi connectivity index (χ3v) is 10.8. The van der Waals surface area contributed by atoms with Crippen LogP contribution in [-0.4, -0.2) is 163 Å². The van der Waals surface area contributed by atoms with Gasteiger partial charge in [0.25, 0.3) is 0 Å². The molecule has 3 amide bonds. The van der Waals surface area contributed by atoms with Gasteiger partial charge in [-0.05, 0) is 12.8 Å². The van der Waals surface area contributed by atoms with Crippen LogP contribution < -0.4 is 16.0 Å². The average molecular weight is 882 g/mol. The van der Waals surface area contributed by atoms with Crippen LogP contribution in [0.4, 0.5) is 0 Å². The van der Waals surface area contributed by atoms with E-state index in [4.69, 9.17) is 9.84 Å². The minimum Gasteiger partial charge on any atom is -0.469 e. The standard InChI is InChI=1S/C13H23NO8.C11H21NO5S.C11H19NO5.ClH/c1-5(6(2)12(19)21-3)11(18)14-8-10(17)9(16)7(4-15)22-13(8)20;1-8(9(2)11(14)16-3)10(13)12-6-7-18(5,15)17-4;1-6(7(2)10(14)16-4)9(13)12-8(3)11(15)17-5;/h5-10,13,15-17,20H,4H2,1-3H3,(H,14,18);8-9H,5-7H2,1-4H3,(H,12,13);6-8H,1-5H3,(H,12,13);1H. The van der Waals surface area contributed by atoms with Gasteiger partial charge in [0.1, 0.15) is 30.4 Å². The molecule has 0 aliphatic carbocycles. The second-order valence-electron chi connectivity index (χ2n) is 13.2. The molecule has 1 rings (SSSR count). The average Bonchev–Trinajstić information content (AvgIpc) is 3.20. The van der Waals surface area contributed by atoms with Crippen LogP contribution in [0, 0.1) is 35.5 Å². The first-order valence-corrected chi connectivity index (χ1v) is 19.6. The van der Waals surface area contributed by atoms with Gasteiger partial charge in [0.05, 0.1) is 75.5 Å². The Morgan fingerprint density at radius 2 is 1.05 bits per heavy atom. The van der Waals surface area contributed by atoms with Crippen LogP contribution in [0.2, 0.25) is 0 Å². The Balaban J connectivity index is -0.000000784. The number of hydrogen-bond donors (Lipinski definition) is 7. The molecule has 0 aromatic rings. The van der Waals surface area contributed by atoms with Gasteiger partial charge in [-0.3, -0.25) is 28.8 Å². The van der Waals surface area contributed by atoms with Crippen LogP contribution in [0.15, 0.2) is 0 Å². The van der Waals surface area contributed by atoms with E-state index in [1.807, 2.05) is 0 Å². The molecule has 21 nitrogen and oxygen atoms in total. The van der Waals surface area contributed by atoms with Gasteiger partial charge in [-0.25, -0.2) is 9.00 Å². The molecule has 58 heavy (non-hydrogen) atoms. The molecule has 0 spiro atoms. The van der Waals surface area contributed by atoms with E-state index in [9.17, 15) is 53.1 Å². The molecule has 23 heteroatoms. The number of halogens is 1. The van der Waals surface area contributed by atoms with Crippen molar-refractivity contribution in [2.24, 2.45) is 35.5 Å². The second-order valence-corrected chi connectivity index (χ2v) is 15.5. The Labute approximate surface area is 346 Å². The van der Waals surface area contributed by atoms with Crippen LogP contribution in [-0.2, 0) is 71.2 Å². The van der Waals surface area contributed by atoms with Gasteiger partial charge in [0, 0.05) is 24.3 Å². The number of carbonyl (C=O) groups is 7. The first-order valence-electron chi connectivity index (χ1n) is 17.7. The Kier molecular flexibility index (Phi) is 29.1. The maximum absolute atomic E-state index is 12.1. The maximum Gasteiger partial charge on any atom is 0.328 e. The number of amides is 3. The Morgan fingerprint density at radius 1 is 0.655 bits per heavy atom. The molecule has 1 saturated heterocycles. The van der Waals surface area contributed by atoms with Gasteiger partial charge in [-0.2, -0.15) is 0 Å². The minimum absolute atomic E-state index is 0. The first kappa shape index (κ1) is 58.7. The highest BCUT2D eigenvalue weighted by Gasteiger charge is 2.45. The van der Waals surface area contributed by atoms with Gasteiger partial charge in [-0.1, -0.05) is 41.5 Å². The number of aliphatic hydroxyl groups is 4. The summed E-state index contributed by atoms with van der Waals surface area (Å²) in [4.78, 5) is 80.5. The quantitative estimate of drug-likeness (QED) is 0.0459. The third kappa shape index (κ3) is 19.4. The fourth-order valence-corrected chi connectivity index (χ4v) is 5.13. The summed E-state index contributed by atoms with van der Waals surface area (Å²) >= 11 is 0. The summed E-state index contributed by atoms with van der Waals surface area (Å²) < 4.78 is 39.2. The van der Waals surface area contributed by atoms with E-state index >= 15 is 0 Å². The van der Waals surface area contributed by atoms with Gasteiger partial charge in [0.2, 0.25) is 17.7 Å². The predicted octanol–water partition coefficient (Wildman–Crippen LogP) is -2.30. The smallest absolute Gasteiger partial charge is 0.328 e. The molecule has 0 aromatic heterocycles. The molecule has 1 aliphatic rings. The summed E-state index contributed by atoms with van der Waals surface area (Å²) in [6, 6.07) is -2.02. The van der Waals surface area contributed by atoms with Gasteiger partial charge in [0.15, 0.2) is 6.29 Å². The highest BCUT2D eigenvalue weighted by Crippen LogP contribution is 2.21. The van der Waals surface area contributed by atoms with Crippen LogP contribution in [0.5, 0.6) is 0 Å². The lowest BCUT2D eigenvalue weighted by atomic mass is 9.93. The number of nitrogens with one attached hydrogen (secondary N) is 3. The van der Waals surface area contributed by atoms with Gasteiger partial charge in [-0.15, -0.1) is 12.4 Å². The zero-order valence-corrected chi connectivity index (χ0v) is 36.7. The maximum atomic E-state index is 12.1. The number of aliphatic hydroxyl groups excluding tert-OH is 4. The van der Waals surface area contributed by atoms with Crippen molar-refractivity contribution >= 4 is 69.7 Å². The summed E-state index contributed by atoms with van der Waals surface area (Å²) in [5.41, 5.74) is 0. The molecular weight excluding hydrogens is 818 g/mol. The van der Waals surface area contributed by atoms with E-state index in [0.29, 0.717) is 0 Å². The van der Waals surface area contributed by atoms with E-state index in [1.165, 1.54) is 56.3 Å². The third-order valence-electron chi connectivity index (χ3n) is 9.35. The zero-order chi connectivity index (χ0) is 45.0. The van der Waals surface area contributed by atoms with Crippen LogP contribution in [0.1, 0.15) is 48.5 Å². The summed E-state index contributed by atoms with van der Waals surface area (Å²) in [5.74, 6) is -3.44. The van der Waals surface area contributed by atoms with Crippen molar-refractivity contribution in [1.82, 2.24) is 16.0 Å². The van der Waals surface area contributed by atoms with E-state index in [1.54, 1.807) is 27.7 Å². The van der Waals surface area contributed by atoms with Crippen molar-refractivity contribution in [2.75, 3.05) is 54.5 Å². The second kappa shape index (κ2) is 28.7. The molecule has 13 atom stereocenters. The molecule has 7 N–H and O–H groups in total. The number of rotatable bonds is 17. The van der Waals surface area contributed by atoms with Gasteiger partial charge < -0.3 is 64.2 Å². The molecule has 13 unspecified atom stereocenters. The molecule has 340 valence electrons. The molecular formula is C35H64ClN3O18S. The Bertz CT molecular complexity index is 1440. The lowest BCUT2D eigenvalue weighted by Gasteiger charge is -2.40. The molecule has 0 radical (unpaired) electrons. The highest BCUT2D eigenvalue weighted by molar-refractivity contribution is 7.95. The number of carbonyl (C=O) groups excluding carboxylic acids is 7. The van der Waals surface area contributed by atoms with Crippen molar-refractivity contribution in [3.63, 3.8) is 0 Å². The minimum atomic E-state index is -2.59. The SMILES string of the molecule is C=S(=O)(CCNC(=O)C(C)C(C)C(=O)OC)OC.COC(=O)C(C)C(C)C(=O)NC1C(O)OC(CO)C(O)C1O.COC(=O)C(C)NC(=O)C(C)C(C)C(=O)OC.Cl. The molecule has 0 saturated carbocycles. The van der Waals surface area contributed by atoms with Crippen LogP contribution in [0.3, 0.4) is 0 Å². The zero-order valence-electron chi connectivity index (χ0n) is 35.1. The largest absolute Gasteiger partial charge is 0.469 e. The van der Waals surface area contributed by atoms with Crippen molar-refractivity contribution in [2.45, 2.75) is 85.2 Å². The van der Waals surface area contributed by atoms with Crippen molar-refractivity contribution in [3.8, 4) is 0 Å². The summed E-state index contributed by atoms with van der Waals surface area (Å²) in [5, 5.41) is 45.8. The van der Waals surface area contributed by atoms with E-state index in [2.05, 4.69) is 45.0 Å². The van der Waals surface area contributed by atoms with E-state index in [-0.39, 0.29) is 36.5 Å². The lowest BCUT2D eigenvalue weighted by molar-refractivity contribution is -0.254. The van der Waals surface area contributed by atoms with E-state index in [0.717, 1.165) is 0 Å². The summed E-state index contributed by atoms with van der Waals surface area (Å²) in [6.45, 7) is 10.6. The highest BCUT2D eigenvalue weighted by atomic mass is 35.5. The molecule has 0 aromatic carbocycles. The lowest BCUT2D eigenvalue weighted by Crippen LogP contribution is -2.64. The summed E-state index contributed by atoms with van der Waals surface area (Å²) in [6.07, 6.45) is -5.73. The fourth-order valence-electron chi connectivity index (χ4n) is 4.55. The topological polar surface area (TPSA) is 309 Å². The number of hydrogen-bond acceptors (Lipinski definition) is 18. The van der Waals surface area contributed by atoms with Crippen molar-refractivity contribution in [3.05, 3.63) is 0 Å². The van der Waals surface area contributed by atoms with E-state index < -0.39 is 118 Å².